The molecule has 5 aromatic rings. The van der Waals surface area contributed by atoms with Crippen molar-refractivity contribution in [2.45, 2.75) is 31.9 Å². The van der Waals surface area contributed by atoms with Crippen LogP contribution >= 0.6 is 23.2 Å². The number of hydrogen-bond acceptors (Lipinski definition) is 3. The lowest BCUT2D eigenvalue weighted by atomic mass is 9.87. The molecule has 0 saturated heterocycles. The van der Waals surface area contributed by atoms with E-state index in [2.05, 4.69) is 25.6 Å². The van der Waals surface area contributed by atoms with Gasteiger partial charge in [0.1, 0.15) is 6.61 Å². The third kappa shape index (κ3) is 3.75. The molecule has 170 valence electrons. The van der Waals surface area contributed by atoms with E-state index >= 15 is 0 Å². The molecule has 3 heterocycles. The predicted octanol–water partition coefficient (Wildman–Crippen LogP) is 7.24. The molecule has 0 saturated carbocycles. The van der Waals surface area contributed by atoms with Crippen molar-refractivity contribution < 1.29 is 4.74 Å². The molecule has 0 bridgehead atoms. The van der Waals surface area contributed by atoms with E-state index in [-0.39, 0.29) is 6.04 Å². The number of fused-ring (bicyclic) bond motifs is 2. The van der Waals surface area contributed by atoms with Crippen molar-refractivity contribution in [2.75, 3.05) is 0 Å². The summed E-state index contributed by atoms with van der Waals surface area (Å²) >= 11 is 13.1. The van der Waals surface area contributed by atoms with Crippen molar-refractivity contribution in [1.29, 1.82) is 0 Å². The van der Waals surface area contributed by atoms with Crippen LogP contribution in [0.5, 0.6) is 5.88 Å². The molecule has 1 N–H and O–H groups in total. The van der Waals surface area contributed by atoms with E-state index in [1.54, 1.807) is 0 Å². The number of nitrogens with zero attached hydrogens (tertiary/aromatic N) is 3. The zero-order chi connectivity index (χ0) is 23.1. The number of hydrogen-bond donors (Lipinski definition) is 1. The van der Waals surface area contributed by atoms with Crippen LogP contribution in [0.4, 0.5) is 0 Å². The smallest absolute Gasteiger partial charge is 0.214 e. The van der Waals surface area contributed by atoms with E-state index in [4.69, 9.17) is 27.9 Å². The lowest BCUT2D eigenvalue weighted by Crippen LogP contribution is -2.18. The van der Waals surface area contributed by atoms with Crippen LogP contribution in [0.3, 0.4) is 0 Å². The van der Waals surface area contributed by atoms with Crippen LogP contribution in [-0.2, 0) is 13.0 Å². The molecule has 1 unspecified atom stereocenters. The highest BCUT2D eigenvalue weighted by molar-refractivity contribution is 6.42. The Hall–Kier alpha value is -3.28. The van der Waals surface area contributed by atoms with Crippen molar-refractivity contribution in [3.63, 3.8) is 0 Å². The van der Waals surface area contributed by atoms with Gasteiger partial charge >= 0.3 is 0 Å². The fourth-order valence-corrected chi connectivity index (χ4v) is 5.35. The summed E-state index contributed by atoms with van der Waals surface area (Å²) in [6.45, 7) is 0.467. The SMILES string of the molecule is Clc1ccc2c(c1Cl)C(n1cncc1-c1c[nH]c3cnc(OCc4ccccc4)cc13)CCC2. The molecule has 2 aromatic carbocycles. The molecule has 1 aliphatic rings. The van der Waals surface area contributed by atoms with E-state index in [0.29, 0.717) is 22.5 Å². The fourth-order valence-electron chi connectivity index (χ4n) is 4.88. The number of aryl methyl sites for hydroxylation is 1. The lowest BCUT2D eigenvalue weighted by Gasteiger charge is -2.29. The summed E-state index contributed by atoms with van der Waals surface area (Å²) in [6.07, 6.45) is 10.7. The van der Waals surface area contributed by atoms with Crippen molar-refractivity contribution in [3.8, 4) is 17.1 Å². The number of ether oxygens (including phenoxy) is 1. The second kappa shape index (κ2) is 8.82. The number of benzene rings is 2. The van der Waals surface area contributed by atoms with E-state index in [1.165, 1.54) is 5.56 Å². The third-order valence-electron chi connectivity index (χ3n) is 6.53. The first-order chi connectivity index (χ1) is 16.7. The van der Waals surface area contributed by atoms with Crippen molar-refractivity contribution >= 4 is 34.1 Å². The Bertz CT molecular complexity index is 1480. The summed E-state index contributed by atoms with van der Waals surface area (Å²) < 4.78 is 8.20. The number of nitrogens with one attached hydrogen (secondary N) is 1. The monoisotopic (exact) mass is 488 g/mol. The fraction of sp³-hybridized carbons (Fsp3) is 0.185. The van der Waals surface area contributed by atoms with Gasteiger partial charge in [-0.2, -0.15) is 0 Å². The Morgan fingerprint density at radius 3 is 2.85 bits per heavy atom. The van der Waals surface area contributed by atoms with Crippen LogP contribution in [0.2, 0.25) is 10.0 Å². The first-order valence-electron chi connectivity index (χ1n) is 11.3. The van der Waals surface area contributed by atoms with Gasteiger partial charge in [-0.25, -0.2) is 9.97 Å². The van der Waals surface area contributed by atoms with Crippen LogP contribution in [0.15, 0.2) is 73.4 Å². The number of halogens is 2. The first kappa shape index (κ1) is 21.3. The van der Waals surface area contributed by atoms with E-state index in [0.717, 1.165) is 52.5 Å². The summed E-state index contributed by atoms with van der Waals surface area (Å²) in [6, 6.07) is 16.1. The van der Waals surface area contributed by atoms with Crippen LogP contribution in [0, 0.1) is 0 Å². The second-order valence-corrected chi connectivity index (χ2v) is 9.36. The number of imidazole rings is 1. The summed E-state index contributed by atoms with van der Waals surface area (Å²) in [5, 5.41) is 2.27. The molecule has 0 aliphatic heterocycles. The average Bonchev–Trinajstić information content (AvgIpc) is 3.52. The molecule has 5 nitrogen and oxygen atoms in total. The van der Waals surface area contributed by atoms with Gasteiger partial charge in [-0.15, -0.1) is 0 Å². The van der Waals surface area contributed by atoms with Gasteiger partial charge in [-0.05, 0) is 42.0 Å². The Morgan fingerprint density at radius 2 is 1.97 bits per heavy atom. The molecule has 0 amide bonds. The average molecular weight is 489 g/mol. The lowest BCUT2D eigenvalue weighted by molar-refractivity contribution is 0.294. The molecule has 7 heteroatoms. The van der Waals surface area contributed by atoms with Crippen LogP contribution in [0.25, 0.3) is 22.2 Å². The Morgan fingerprint density at radius 1 is 1.09 bits per heavy atom. The van der Waals surface area contributed by atoms with Crippen molar-refractivity contribution in [3.05, 3.63) is 100 Å². The summed E-state index contributed by atoms with van der Waals surface area (Å²) in [5.41, 5.74) is 6.46. The zero-order valence-electron chi connectivity index (χ0n) is 18.3. The standard InChI is InChI=1S/C27H22Cl2N4O/c28-21-10-9-18-7-4-8-23(26(18)27(21)29)33-16-30-14-24(33)20-12-31-22-13-32-25(11-19(20)22)34-15-17-5-2-1-3-6-17/h1-3,5-6,9-14,16,23,31H,4,7-8,15H2. The Kier molecular flexibility index (Phi) is 5.52. The summed E-state index contributed by atoms with van der Waals surface area (Å²) in [4.78, 5) is 12.3. The predicted molar refractivity (Wildman–Crippen MR) is 136 cm³/mol. The molecule has 0 fully saturated rings. The zero-order valence-corrected chi connectivity index (χ0v) is 19.9. The molecule has 3 aromatic heterocycles. The second-order valence-electron chi connectivity index (χ2n) is 8.57. The maximum absolute atomic E-state index is 6.70. The molecule has 1 aliphatic carbocycles. The number of aromatic amines is 1. The van der Waals surface area contributed by atoms with Gasteiger partial charge < -0.3 is 14.3 Å². The van der Waals surface area contributed by atoms with E-state index in [1.807, 2.05) is 67.4 Å². The molecule has 0 radical (unpaired) electrons. The van der Waals surface area contributed by atoms with Crippen molar-refractivity contribution in [1.82, 2.24) is 19.5 Å². The van der Waals surface area contributed by atoms with Gasteiger partial charge in [-0.1, -0.05) is 59.6 Å². The maximum Gasteiger partial charge on any atom is 0.214 e. The molecular weight excluding hydrogens is 467 g/mol. The third-order valence-corrected chi connectivity index (χ3v) is 7.35. The minimum absolute atomic E-state index is 0.0769. The molecule has 6 rings (SSSR count). The number of rotatable bonds is 5. The minimum Gasteiger partial charge on any atom is -0.473 e. The van der Waals surface area contributed by atoms with Gasteiger partial charge in [0, 0.05) is 23.2 Å². The topological polar surface area (TPSA) is 55.7 Å². The minimum atomic E-state index is 0.0769. The quantitative estimate of drug-likeness (QED) is 0.283. The highest BCUT2D eigenvalue weighted by Gasteiger charge is 2.27. The van der Waals surface area contributed by atoms with E-state index < -0.39 is 0 Å². The summed E-state index contributed by atoms with van der Waals surface area (Å²) in [7, 11) is 0. The molecule has 1 atom stereocenters. The highest BCUT2D eigenvalue weighted by atomic mass is 35.5. The van der Waals surface area contributed by atoms with Crippen LogP contribution in [-0.4, -0.2) is 19.5 Å². The van der Waals surface area contributed by atoms with Crippen molar-refractivity contribution in [2.24, 2.45) is 0 Å². The Balaban J connectivity index is 1.38. The normalized spacial score (nSPS) is 15.4. The molecule has 34 heavy (non-hydrogen) atoms. The molecule has 0 spiro atoms. The van der Waals surface area contributed by atoms with Gasteiger partial charge in [0.25, 0.3) is 0 Å². The number of pyridine rings is 1. The van der Waals surface area contributed by atoms with Gasteiger partial charge in [0.05, 0.1) is 46.0 Å². The van der Waals surface area contributed by atoms with Gasteiger partial charge in [0.15, 0.2) is 0 Å². The number of H-pyrrole nitrogens is 1. The Labute approximate surface area is 207 Å². The largest absolute Gasteiger partial charge is 0.473 e. The van der Waals surface area contributed by atoms with Crippen LogP contribution in [0.1, 0.15) is 35.6 Å². The molecular formula is C27H22Cl2N4O. The number of aromatic nitrogens is 4. The van der Waals surface area contributed by atoms with Gasteiger partial charge in [-0.3, -0.25) is 0 Å². The van der Waals surface area contributed by atoms with E-state index in [9.17, 15) is 0 Å². The van der Waals surface area contributed by atoms with Crippen LogP contribution < -0.4 is 4.74 Å². The van der Waals surface area contributed by atoms with Gasteiger partial charge in [0.2, 0.25) is 5.88 Å². The first-order valence-corrected chi connectivity index (χ1v) is 12.1. The maximum atomic E-state index is 6.70. The highest BCUT2D eigenvalue weighted by Crippen LogP contribution is 2.43. The summed E-state index contributed by atoms with van der Waals surface area (Å²) in [5.74, 6) is 0.584.